The Hall–Kier alpha value is -1.63. The molecule has 0 spiro atoms. The van der Waals surface area contributed by atoms with Gasteiger partial charge in [-0.1, -0.05) is 5.16 Å². The van der Waals surface area contributed by atoms with Crippen LogP contribution in [0.25, 0.3) is 0 Å². The van der Waals surface area contributed by atoms with Crippen LogP contribution in [0, 0.1) is 6.92 Å². The Labute approximate surface area is 97.2 Å². The molecule has 0 atom stereocenters. The molecule has 6 nitrogen and oxygen atoms in total. The first-order chi connectivity index (χ1) is 7.63. The third-order valence-electron chi connectivity index (χ3n) is 1.88. The molecule has 1 rings (SSSR count). The number of aromatic nitrogens is 1. The number of nitrogens with zero attached hydrogens (tertiary/aromatic N) is 2. The van der Waals surface area contributed by atoms with Crippen molar-refractivity contribution < 1.29 is 10.0 Å². The van der Waals surface area contributed by atoms with Crippen molar-refractivity contribution in [2.24, 2.45) is 10.9 Å². The number of hydrogen-bond donors (Lipinski definition) is 3. The third kappa shape index (κ3) is 3.85. The summed E-state index contributed by atoms with van der Waals surface area (Å²) in [6.45, 7) is 2.32. The number of hydrogen-bond acceptors (Lipinski definition) is 5. The molecule has 0 bridgehead atoms. The van der Waals surface area contributed by atoms with Gasteiger partial charge >= 0.3 is 0 Å². The summed E-state index contributed by atoms with van der Waals surface area (Å²) in [7, 11) is 0. The van der Waals surface area contributed by atoms with Gasteiger partial charge in [-0.3, -0.25) is 4.79 Å². The van der Waals surface area contributed by atoms with Crippen molar-refractivity contribution in [2.45, 2.75) is 19.8 Å². The van der Waals surface area contributed by atoms with E-state index in [0.29, 0.717) is 25.1 Å². The molecule has 0 aliphatic carbocycles. The lowest BCUT2D eigenvalue weighted by atomic mass is 10.3. The minimum absolute atomic E-state index is 0.166. The van der Waals surface area contributed by atoms with Crippen molar-refractivity contribution in [3.63, 3.8) is 0 Å². The summed E-state index contributed by atoms with van der Waals surface area (Å²) < 4.78 is 0. The van der Waals surface area contributed by atoms with Crippen LogP contribution in [0.4, 0.5) is 0 Å². The quantitative estimate of drug-likeness (QED) is 0.233. The molecule has 7 heteroatoms. The zero-order valence-electron chi connectivity index (χ0n) is 8.93. The van der Waals surface area contributed by atoms with Crippen LogP contribution < -0.4 is 11.1 Å². The largest absolute Gasteiger partial charge is 0.409 e. The van der Waals surface area contributed by atoms with Gasteiger partial charge in [-0.25, -0.2) is 4.98 Å². The second kappa shape index (κ2) is 6.06. The first-order valence-corrected chi connectivity index (χ1v) is 5.68. The molecule has 4 N–H and O–H groups in total. The molecule has 16 heavy (non-hydrogen) atoms. The molecule has 0 saturated carbocycles. The molecule has 1 heterocycles. The van der Waals surface area contributed by atoms with E-state index in [1.165, 1.54) is 11.3 Å². The maximum Gasteiger partial charge on any atom is 0.270 e. The number of oxime groups is 1. The van der Waals surface area contributed by atoms with E-state index in [1.807, 2.05) is 6.92 Å². The van der Waals surface area contributed by atoms with Gasteiger partial charge in [0.25, 0.3) is 5.91 Å². The number of carbonyl (C=O) groups excluding carboxylic acids is 1. The van der Waals surface area contributed by atoms with E-state index in [2.05, 4.69) is 15.5 Å². The fourth-order valence-corrected chi connectivity index (χ4v) is 1.67. The van der Waals surface area contributed by atoms with E-state index >= 15 is 0 Å². The maximum atomic E-state index is 11.5. The van der Waals surface area contributed by atoms with E-state index in [-0.39, 0.29) is 11.7 Å². The zero-order valence-corrected chi connectivity index (χ0v) is 9.75. The molecule has 1 amide bonds. The number of thiazole rings is 1. The summed E-state index contributed by atoms with van der Waals surface area (Å²) >= 11 is 1.44. The summed E-state index contributed by atoms with van der Waals surface area (Å²) in [4.78, 5) is 15.6. The molecule has 1 aromatic rings. The van der Waals surface area contributed by atoms with Crippen LogP contribution in [-0.4, -0.2) is 28.5 Å². The van der Waals surface area contributed by atoms with Crippen LogP contribution in [0.15, 0.2) is 10.5 Å². The smallest absolute Gasteiger partial charge is 0.270 e. The lowest BCUT2D eigenvalue weighted by Crippen LogP contribution is -2.25. The molecular formula is C9H14N4O2S. The second-order valence-corrected chi connectivity index (χ2v) is 4.26. The average molecular weight is 242 g/mol. The van der Waals surface area contributed by atoms with Crippen LogP contribution in [0.3, 0.4) is 0 Å². The first-order valence-electron chi connectivity index (χ1n) is 4.80. The topological polar surface area (TPSA) is 101 Å². The van der Waals surface area contributed by atoms with Crippen molar-refractivity contribution >= 4 is 23.1 Å². The Morgan fingerprint density at radius 1 is 1.75 bits per heavy atom. The van der Waals surface area contributed by atoms with Crippen LogP contribution in [0.1, 0.15) is 28.3 Å². The van der Waals surface area contributed by atoms with Gasteiger partial charge in [-0.2, -0.15) is 0 Å². The van der Waals surface area contributed by atoms with E-state index in [9.17, 15) is 4.79 Å². The van der Waals surface area contributed by atoms with E-state index < -0.39 is 0 Å². The van der Waals surface area contributed by atoms with Gasteiger partial charge < -0.3 is 16.3 Å². The number of nitrogens with two attached hydrogens (primary N) is 1. The highest BCUT2D eigenvalue weighted by atomic mass is 32.1. The van der Waals surface area contributed by atoms with Gasteiger partial charge in [0.1, 0.15) is 11.5 Å². The van der Waals surface area contributed by atoms with Gasteiger partial charge in [0.15, 0.2) is 0 Å². The molecule has 0 aliphatic heterocycles. The molecule has 1 aromatic heterocycles. The van der Waals surface area contributed by atoms with Crippen LogP contribution >= 0.6 is 11.3 Å². The van der Waals surface area contributed by atoms with Gasteiger partial charge in [0.05, 0.1) is 5.01 Å². The van der Waals surface area contributed by atoms with E-state index in [4.69, 9.17) is 10.9 Å². The van der Waals surface area contributed by atoms with Crippen molar-refractivity contribution in [1.29, 1.82) is 0 Å². The van der Waals surface area contributed by atoms with Crippen molar-refractivity contribution in [3.05, 3.63) is 16.1 Å². The molecule has 0 aliphatic rings. The molecule has 0 radical (unpaired) electrons. The highest BCUT2D eigenvalue weighted by Gasteiger charge is 2.07. The van der Waals surface area contributed by atoms with Gasteiger partial charge in [-0.05, 0) is 13.3 Å². The monoisotopic (exact) mass is 242 g/mol. The predicted molar refractivity (Wildman–Crippen MR) is 61.8 cm³/mol. The number of amides is 1. The lowest BCUT2D eigenvalue weighted by Gasteiger charge is -2.02. The normalized spacial score (nSPS) is 11.4. The molecular weight excluding hydrogens is 228 g/mol. The third-order valence-corrected chi connectivity index (χ3v) is 2.65. The number of carbonyl (C=O) groups is 1. The van der Waals surface area contributed by atoms with Gasteiger partial charge in [0, 0.05) is 18.3 Å². The Morgan fingerprint density at radius 2 is 2.50 bits per heavy atom. The fourth-order valence-electron chi connectivity index (χ4n) is 1.08. The summed E-state index contributed by atoms with van der Waals surface area (Å²) in [6.07, 6.45) is 1.08. The Balaban J connectivity index is 2.26. The molecule has 0 aromatic carbocycles. The molecule has 88 valence electrons. The van der Waals surface area contributed by atoms with Crippen molar-refractivity contribution in [3.8, 4) is 0 Å². The van der Waals surface area contributed by atoms with Gasteiger partial charge in [0.2, 0.25) is 0 Å². The van der Waals surface area contributed by atoms with Crippen molar-refractivity contribution in [2.75, 3.05) is 6.54 Å². The Kier molecular flexibility index (Phi) is 4.71. The van der Waals surface area contributed by atoms with Gasteiger partial charge in [-0.15, -0.1) is 11.3 Å². The van der Waals surface area contributed by atoms with Crippen LogP contribution in [-0.2, 0) is 0 Å². The van der Waals surface area contributed by atoms with E-state index in [1.54, 1.807) is 5.38 Å². The number of aryl methyl sites for hydroxylation is 1. The molecule has 0 unspecified atom stereocenters. The number of rotatable bonds is 5. The predicted octanol–water partition coefficient (Wildman–Crippen LogP) is 0.708. The Bertz CT molecular complexity index is 389. The Morgan fingerprint density at radius 3 is 3.06 bits per heavy atom. The first kappa shape index (κ1) is 12.4. The van der Waals surface area contributed by atoms with Crippen molar-refractivity contribution in [1.82, 2.24) is 10.3 Å². The van der Waals surface area contributed by atoms with Crippen LogP contribution in [0.5, 0.6) is 0 Å². The average Bonchev–Trinajstić information content (AvgIpc) is 2.70. The van der Waals surface area contributed by atoms with E-state index in [0.717, 1.165) is 5.01 Å². The standard InChI is InChI=1S/C9H14N4O2S/c1-6-12-7(5-16-6)9(14)11-4-2-3-8(10)13-15/h5,15H,2-4H2,1H3,(H2,10,13)(H,11,14). The summed E-state index contributed by atoms with van der Waals surface area (Å²) in [5.74, 6) is -0.0254. The number of nitrogens with one attached hydrogen (secondary N) is 1. The summed E-state index contributed by atoms with van der Waals surface area (Å²) in [5.41, 5.74) is 5.72. The zero-order chi connectivity index (χ0) is 12.0. The number of amidine groups is 1. The maximum absolute atomic E-state index is 11.5. The summed E-state index contributed by atoms with van der Waals surface area (Å²) in [5, 5.41) is 16.4. The minimum Gasteiger partial charge on any atom is -0.409 e. The second-order valence-electron chi connectivity index (χ2n) is 3.20. The molecule has 0 saturated heterocycles. The summed E-state index contributed by atoms with van der Waals surface area (Å²) in [6, 6.07) is 0. The van der Waals surface area contributed by atoms with Crippen LogP contribution in [0.2, 0.25) is 0 Å². The lowest BCUT2D eigenvalue weighted by molar-refractivity contribution is 0.0949. The highest BCUT2D eigenvalue weighted by Crippen LogP contribution is 2.07. The highest BCUT2D eigenvalue weighted by molar-refractivity contribution is 7.09. The molecule has 0 fully saturated rings. The fraction of sp³-hybridized carbons (Fsp3) is 0.444. The minimum atomic E-state index is -0.191. The SMILES string of the molecule is Cc1nc(C(=O)NCCCC(N)=NO)cs1.